The van der Waals surface area contributed by atoms with Crippen molar-refractivity contribution in [2.45, 2.75) is 85.5 Å². The minimum absolute atomic E-state index is 0.148. The van der Waals surface area contributed by atoms with E-state index in [1.54, 1.807) is 0 Å². The van der Waals surface area contributed by atoms with Crippen LogP contribution in [0.25, 0.3) is 22.3 Å². The largest absolute Gasteiger partial charge is 0.310 e. The van der Waals surface area contributed by atoms with Gasteiger partial charge in [0, 0.05) is 39.3 Å². The molecule has 3 aliphatic rings. The summed E-state index contributed by atoms with van der Waals surface area (Å²) in [6.07, 6.45) is 0. The van der Waals surface area contributed by atoms with E-state index in [0.717, 1.165) is 39.8 Å². The monoisotopic (exact) mass is 1060 g/mol. The topological polar surface area (TPSA) is 9.72 Å². The molecule has 0 saturated heterocycles. The quantitative estimate of drug-likeness (QED) is 0.143. The van der Waals surface area contributed by atoms with Crippen LogP contribution in [0.1, 0.15) is 106 Å². The highest BCUT2D eigenvalue weighted by molar-refractivity contribution is 5.92. The molecule has 0 atom stereocenters. The van der Waals surface area contributed by atoms with Crippen molar-refractivity contribution in [3.05, 3.63) is 314 Å². The lowest BCUT2D eigenvalue weighted by atomic mass is 9.62. The van der Waals surface area contributed by atoms with Crippen LogP contribution < -0.4 is 14.7 Å². The normalized spacial score (nSPS) is 14.5. The van der Waals surface area contributed by atoms with Crippen molar-refractivity contribution in [3.8, 4) is 22.3 Å². The Hall–Kier alpha value is -9.18. The highest BCUT2D eigenvalue weighted by Gasteiger charge is 2.47. The number of para-hydroxylation sites is 3. The number of nitrogens with zero attached hydrogens (tertiary/aromatic N) is 3. The zero-order chi connectivity index (χ0) is 56.4. The minimum Gasteiger partial charge on any atom is -0.310 e. The summed E-state index contributed by atoms with van der Waals surface area (Å²) in [7, 11) is 0. The fourth-order valence-electron chi connectivity index (χ4n) is 14.6. The lowest BCUT2D eigenvalue weighted by Crippen LogP contribution is -2.37. The van der Waals surface area contributed by atoms with Crippen molar-refractivity contribution in [2.75, 3.05) is 14.7 Å². The van der Waals surface area contributed by atoms with E-state index in [9.17, 15) is 0 Å². The third-order valence-electron chi connectivity index (χ3n) is 19.1. The Kier molecular flexibility index (Phi) is 11.8. The first-order valence-corrected chi connectivity index (χ1v) is 29.2. The van der Waals surface area contributed by atoms with E-state index in [0.29, 0.717) is 0 Å². The van der Waals surface area contributed by atoms with E-state index in [2.05, 4.69) is 321 Å². The molecule has 0 aromatic heterocycles. The van der Waals surface area contributed by atoms with E-state index >= 15 is 0 Å². The van der Waals surface area contributed by atoms with Gasteiger partial charge in [0.2, 0.25) is 0 Å². The maximum atomic E-state index is 2.52. The molecule has 3 heteroatoms. The summed E-state index contributed by atoms with van der Waals surface area (Å²) >= 11 is 0. The molecule has 1 aliphatic heterocycles. The molecule has 11 aromatic rings. The molecule has 11 aromatic carbocycles. The van der Waals surface area contributed by atoms with Crippen molar-refractivity contribution in [2.24, 2.45) is 0 Å². The van der Waals surface area contributed by atoms with E-state index < -0.39 is 5.41 Å². The fraction of sp³-hybridized carbons (Fsp3) is 0.165. The third-order valence-corrected chi connectivity index (χ3v) is 19.1. The smallest absolute Gasteiger partial charge is 0.0742 e. The molecule has 0 N–H and O–H groups in total. The molecule has 0 radical (unpaired) electrons. The average Bonchev–Trinajstić information content (AvgIpc) is 2.28. The summed E-state index contributed by atoms with van der Waals surface area (Å²) in [5.74, 6) is 0. The molecule has 0 fully saturated rings. The molecule has 0 spiro atoms. The molecule has 1 heterocycles. The number of benzene rings is 11. The maximum absolute atomic E-state index is 2.52. The molecule has 82 heavy (non-hydrogen) atoms. The highest BCUT2D eigenvalue weighted by atomic mass is 15.2. The third kappa shape index (κ3) is 7.48. The maximum Gasteiger partial charge on any atom is 0.0742 e. The van der Waals surface area contributed by atoms with Gasteiger partial charge in [-0.1, -0.05) is 191 Å². The predicted molar refractivity (Wildman–Crippen MR) is 346 cm³/mol. The van der Waals surface area contributed by atoms with Crippen molar-refractivity contribution in [1.82, 2.24) is 0 Å². The number of anilines is 9. The minimum atomic E-state index is -0.734. The second kappa shape index (κ2) is 19.0. The van der Waals surface area contributed by atoms with Crippen LogP contribution in [0.5, 0.6) is 0 Å². The first-order chi connectivity index (χ1) is 39.7. The molecule has 400 valence electrons. The van der Waals surface area contributed by atoms with Crippen LogP contribution in [0.4, 0.5) is 51.2 Å². The van der Waals surface area contributed by atoms with Gasteiger partial charge < -0.3 is 14.7 Å². The van der Waals surface area contributed by atoms with Crippen LogP contribution in [-0.4, -0.2) is 0 Å². The Bertz CT molecular complexity index is 4090. The van der Waals surface area contributed by atoms with E-state index in [1.807, 2.05) is 0 Å². The molecule has 0 unspecified atom stereocenters. The van der Waals surface area contributed by atoms with Crippen LogP contribution in [0.3, 0.4) is 0 Å². The molecule has 0 bridgehead atoms. The predicted octanol–water partition coefficient (Wildman–Crippen LogP) is 21.3. The Morgan fingerprint density at radius 3 is 1.06 bits per heavy atom. The SMILES string of the molecule is Cc1ccc(C)c(N(c2ccc(C3(c4ccc(N(c5ccc6c(c5)C(C)(C)c5ccccc5-6)c5c(C)ccc(C)c5C)cc4)c4ccccc4N(c4ccccc4)c4ccccc43)cc2)c2ccc3c(c2)C(C)(C)c2ccccc2-3)c1C. The summed E-state index contributed by atoms with van der Waals surface area (Å²) in [6.45, 7) is 23.1. The Morgan fingerprint density at radius 2 is 0.634 bits per heavy atom. The Balaban J connectivity index is 0.978. The van der Waals surface area contributed by atoms with Crippen LogP contribution in [0, 0.1) is 41.5 Å². The lowest BCUT2D eigenvalue weighted by molar-refractivity contribution is 0.660. The molecule has 14 rings (SSSR count). The Labute approximate surface area is 485 Å². The van der Waals surface area contributed by atoms with Crippen molar-refractivity contribution >= 4 is 51.2 Å². The van der Waals surface area contributed by atoms with Gasteiger partial charge in [-0.2, -0.15) is 0 Å². The number of fused-ring (bicyclic) bond motifs is 8. The van der Waals surface area contributed by atoms with Crippen LogP contribution in [-0.2, 0) is 16.2 Å². The number of hydrogen-bond acceptors (Lipinski definition) is 3. The second-order valence-electron chi connectivity index (χ2n) is 24.4. The second-order valence-corrected chi connectivity index (χ2v) is 24.4. The number of hydrogen-bond donors (Lipinski definition) is 0. The van der Waals surface area contributed by atoms with Crippen molar-refractivity contribution in [1.29, 1.82) is 0 Å². The standard InChI is InChI=1S/C79H69N3/c1-50-32-34-52(3)75(54(50)5)80(61-44-46-65-63-24-14-16-26-67(63)77(7,8)71(65)48-61)59-40-36-56(37-41-59)79(69-28-18-20-30-73(69)82(58-22-12-11-13-23-58)74-31-21-19-29-70(74)79)57-38-42-60(43-39-57)81(76-53(4)35-33-51(2)55(76)6)62-45-47-66-64-25-15-17-27-68(64)78(9,10)72(66)49-62/h11-49H,1-10H3. The van der Waals surface area contributed by atoms with Gasteiger partial charge in [-0.05, 0) is 214 Å². The van der Waals surface area contributed by atoms with Gasteiger partial charge in [-0.3, -0.25) is 0 Å². The van der Waals surface area contributed by atoms with E-state index in [4.69, 9.17) is 0 Å². The molecule has 0 saturated carbocycles. The van der Waals surface area contributed by atoms with Gasteiger partial charge in [0.1, 0.15) is 0 Å². The molecule has 3 nitrogen and oxygen atoms in total. The summed E-state index contributed by atoms with van der Waals surface area (Å²) in [4.78, 5) is 7.50. The first kappa shape index (κ1) is 51.0. The van der Waals surface area contributed by atoms with Gasteiger partial charge in [0.25, 0.3) is 0 Å². The average molecular weight is 1060 g/mol. The summed E-state index contributed by atoms with van der Waals surface area (Å²) in [6, 6.07) is 89.6. The lowest BCUT2D eigenvalue weighted by Gasteiger charge is -2.46. The highest BCUT2D eigenvalue weighted by Crippen LogP contribution is 2.59. The Morgan fingerprint density at radius 1 is 0.293 bits per heavy atom. The van der Waals surface area contributed by atoms with Crippen LogP contribution in [0.2, 0.25) is 0 Å². The first-order valence-electron chi connectivity index (χ1n) is 29.2. The zero-order valence-corrected chi connectivity index (χ0v) is 48.9. The van der Waals surface area contributed by atoms with Crippen molar-refractivity contribution in [3.63, 3.8) is 0 Å². The number of rotatable bonds is 9. The van der Waals surface area contributed by atoms with Gasteiger partial charge in [-0.15, -0.1) is 0 Å². The van der Waals surface area contributed by atoms with Crippen LogP contribution >= 0.6 is 0 Å². The summed E-state index contributed by atoms with van der Waals surface area (Å²) < 4.78 is 0. The van der Waals surface area contributed by atoms with Crippen molar-refractivity contribution < 1.29 is 0 Å². The molecular formula is C79H69N3. The molecule has 0 amide bonds. The van der Waals surface area contributed by atoms with E-state index in [1.165, 1.54) is 112 Å². The van der Waals surface area contributed by atoms with E-state index in [-0.39, 0.29) is 10.8 Å². The van der Waals surface area contributed by atoms with Gasteiger partial charge in [0.05, 0.1) is 28.2 Å². The summed E-state index contributed by atoms with van der Waals surface area (Å²) in [5.41, 5.74) is 32.6. The van der Waals surface area contributed by atoms with Gasteiger partial charge >= 0.3 is 0 Å². The number of aryl methyl sites for hydroxylation is 4. The summed E-state index contributed by atoms with van der Waals surface area (Å²) in [5, 5.41) is 0. The van der Waals surface area contributed by atoms with Gasteiger partial charge in [0.15, 0.2) is 0 Å². The van der Waals surface area contributed by atoms with Gasteiger partial charge in [-0.25, -0.2) is 0 Å². The molecule has 2 aliphatic carbocycles. The van der Waals surface area contributed by atoms with Crippen LogP contribution in [0.15, 0.2) is 237 Å². The molecular weight excluding hydrogens is 991 g/mol. The zero-order valence-electron chi connectivity index (χ0n) is 48.9. The fourth-order valence-corrected chi connectivity index (χ4v) is 14.6.